The summed E-state index contributed by atoms with van der Waals surface area (Å²) < 4.78 is 12.0. The summed E-state index contributed by atoms with van der Waals surface area (Å²) in [6, 6.07) is 7.94. The third-order valence-electron chi connectivity index (χ3n) is 2.83. The molecule has 1 rings (SSSR count). The molecule has 1 aromatic carbocycles. The molecule has 2 heteroatoms. The summed E-state index contributed by atoms with van der Waals surface area (Å²) in [5.74, 6) is 2.28. The molecule has 0 saturated carbocycles. The van der Waals surface area contributed by atoms with Gasteiger partial charge in [-0.15, -0.1) is 0 Å². The Labute approximate surface area is 118 Å². The van der Waals surface area contributed by atoms with Crippen molar-refractivity contribution < 1.29 is 9.47 Å². The highest BCUT2D eigenvalue weighted by Gasteiger charge is 2.16. The highest BCUT2D eigenvalue weighted by molar-refractivity contribution is 5.33. The summed E-state index contributed by atoms with van der Waals surface area (Å²) >= 11 is 0. The summed E-state index contributed by atoms with van der Waals surface area (Å²) in [6.07, 6.45) is 2.50. The monoisotopic (exact) mass is 264 g/mol. The van der Waals surface area contributed by atoms with Gasteiger partial charge in [0.15, 0.2) is 0 Å². The summed E-state index contributed by atoms with van der Waals surface area (Å²) in [4.78, 5) is 0. The molecule has 2 nitrogen and oxygen atoms in total. The molecule has 0 spiro atoms. The molecule has 0 aliphatic heterocycles. The Balaban J connectivity index is 2.75. The van der Waals surface area contributed by atoms with Gasteiger partial charge >= 0.3 is 0 Å². The van der Waals surface area contributed by atoms with Crippen molar-refractivity contribution in [3.63, 3.8) is 0 Å². The third kappa shape index (κ3) is 6.00. The molecule has 0 amide bonds. The highest BCUT2D eigenvalue weighted by atomic mass is 16.5. The standard InChI is InChI=1S/C17H28O2/c1-7-9-16(13(2)3)18-14-10-8-11-15(12-14)19-17(4,5)6/h8,10-13,16H,7,9H2,1-6H3. The molecule has 0 N–H and O–H groups in total. The molecule has 0 radical (unpaired) electrons. The molecule has 0 aliphatic carbocycles. The van der Waals surface area contributed by atoms with E-state index in [0.717, 1.165) is 24.3 Å². The average molecular weight is 264 g/mol. The normalized spacial score (nSPS) is 13.4. The van der Waals surface area contributed by atoms with Crippen molar-refractivity contribution in [3.05, 3.63) is 24.3 Å². The van der Waals surface area contributed by atoms with Crippen LogP contribution in [0.15, 0.2) is 24.3 Å². The molecule has 108 valence electrons. The molecule has 1 unspecified atom stereocenters. The molecule has 0 aliphatic rings. The van der Waals surface area contributed by atoms with E-state index in [9.17, 15) is 0 Å². The number of hydrogen-bond donors (Lipinski definition) is 0. The highest BCUT2D eigenvalue weighted by Crippen LogP contribution is 2.25. The maximum Gasteiger partial charge on any atom is 0.123 e. The Hall–Kier alpha value is -1.18. The minimum atomic E-state index is -0.181. The van der Waals surface area contributed by atoms with Crippen LogP contribution >= 0.6 is 0 Å². The zero-order valence-corrected chi connectivity index (χ0v) is 13.2. The van der Waals surface area contributed by atoms with E-state index in [-0.39, 0.29) is 11.7 Å². The van der Waals surface area contributed by atoms with E-state index in [1.54, 1.807) is 0 Å². The van der Waals surface area contributed by atoms with E-state index in [4.69, 9.17) is 9.47 Å². The largest absolute Gasteiger partial charge is 0.490 e. The first-order valence-corrected chi connectivity index (χ1v) is 7.27. The van der Waals surface area contributed by atoms with Gasteiger partial charge in [-0.2, -0.15) is 0 Å². The molecule has 1 atom stereocenters. The van der Waals surface area contributed by atoms with E-state index in [2.05, 4.69) is 41.5 Å². The topological polar surface area (TPSA) is 18.5 Å². The number of benzene rings is 1. The van der Waals surface area contributed by atoms with E-state index >= 15 is 0 Å². The quantitative estimate of drug-likeness (QED) is 0.714. The smallest absolute Gasteiger partial charge is 0.123 e. The lowest BCUT2D eigenvalue weighted by molar-refractivity contribution is 0.125. The van der Waals surface area contributed by atoms with Crippen LogP contribution in [0.25, 0.3) is 0 Å². The van der Waals surface area contributed by atoms with Crippen LogP contribution in [0.2, 0.25) is 0 Å². The lowest BCUT2D eigenvalue weighted by Crippen LogP contribution is -2.24. The van der Waals surface area contributed by atoms with Crippen LogP contribution in [0.5, 0.6) is 11.5 Å². The van der Waals surface area contributed by atoms with Crippen molar-refractivity contribution in [3.8, 4) is 11.5 Å². The van der Waals surface area contributed by atoms with Gasteiger partial charge in [0.05, 0.1) is 0 Å². The minimum absolute atomic E-state index is 0.181. The van der Waals surface area contributed by atoms with Gasteiger partial charge in [0.1, 0.15) is 23.2 Å². The van der Waals surface area contributed by atoms with Crippen LogP contribution in [0, 0.1) is 5.92 Å². The van der Waals surface area contributed by atoms with Crippen molar-refractivity contribution in [1.82, 2.24) is 0 Å². The van der Waals surface area contributed by atoms with Crippen LogP contribution in [-0.2, 0) is 0 Å². The fourth-order valence-corrected chi connectivity index (χ4v) is 1.95. The second kappa shape index (κ2) is 6.83. The maximum atomic E-state index is 6.09. The molecule has 0 fully saturated rings. The first kappa shape index (κ1) is 15.9. The summed E-state index contributed by atoms with van der Waals surface area (Å²) in [6.45, 7) is 12.8. The van der Waals surface area contributed by atoms with Crippen LogP contribution in [0.4, 0.5) is 0 Å². The van der Waals surface area contributed by atoms with Gasteiger partial charge in [-0.3, -0.25) is 0 Å². The summed E-state index contributed by atoms with van der Waals surface area (Å²) in [5, 5.41) is 0. The Morgan fingerprint density at radius 2 is 1.74 bits per heavy atom. The predicted octanol–water partition coefficient (Wildman–Crippen LogP) is 5.07. The van der Waals surface area contributed by atoms with Gasteiger partial charge in [0, 0.05) is 6.07 Å². The number of rotatable bonds is 6. The lowest BCUT2D eigenvalue weighted by atomic mass is 10.0. The van der Waals surface area contributed by atoms with Crippen LogP contribution in [0.1, 0.15) is 54.4 Å². The first-order chi connectivity index (χ1) is 8.81. The summed E-state index contributed by atoms with van der Waals surface area (Å²) in [5.41, 5.74) is -0.181. The molecule has 19 heavy (non-hydrogen) atoms. The Bertz CT molecular complexity index is 377. The van der Waals surface area contributed by atoms with Crippen molar-refractivity contribution in [2.24, 2.45) is 5.92 Å². The Kier molecular flexibility index (Phi) is 5.71. The molecular formula is C17H28O2. The molecule has 0 saturated heterocycles. The fraction of sp³-hybridized carbons (Fsp3) is 0.647. The summed E-state index contributed by atoms with van der Waals surface area (Å²) in [7, 11) is 0. The van der Waals surface area contributed by atoms with Crippen molar-refractivity contribution >= 4 is 0 Å². The first-order valence-electron chi connectivity index (χ1n) is 7.27. The van der Waals surface area contributed by atoms with Gasteiger partial charge in [-0.05, 0) is 45.2 Å². The molecule has 0 heterocycles. The van der Waals surface area contributed by atoms with Crippen LogP contribution < -0.4 is 9.47 Å². The molecule has 0 aromatic heterocycles. The van der Waals surface area contributed by atoms with E-state index in [1.807, 2.05) is 24.3 Å². The Morgan fingerprint density at radius 1 is 1.11 bits per heavy atom. The second-order valence-corrected chi connectivity index (χ2v) is 6.38. The van der Waals surface area contributed by atoms with Gasteiger partial charge in [0.2, 0.25) is 0 Å². The van der Waals surface area contributed by atoms with Crippen molar-refractivity contribution in [2.75, 3.05) is 0 Å². The predicted molar refractivity (Wildman–Crippen MR) is 81.0 cm³/mol. The van der Waals surface area contributed by atoms with Crippen molar-refractivity contribution in [2.45, 2.75) is 66.1 Å². The van der Waals surface area contributed by atoms with Gasteiger partial charge < -0.3 is 9.47 Å². The zero-order chi connectivity index (χ0) is 14.5. The molecular weight excluding hydrogens is 236 g/mol. The van der Waals surface area contributed by atoms with Gasteiger partial charge in [0.25, 0.3) is 0 Å². The second-order valence-electron chi connectivity index (χ2n) is 6.38. The number of hydrogen-bond acceptors (Lipinski definition) is 2. The third-order valence-corrected chi connectivity index (χ3v) is 2.83. The Morgan fingerprint density at radius 3 is 2.26 bits per heavy atom. The SMILES string of the molecule is CCCC(Oc1cccc(OC(C)(C)C)c1)C(C)C. The van der Waals surface area contributed by atoms with E-state index in [0.29, 0.717) is 5.92 Å². The van der Waals surface area contributed by atoms with E-state index < -0.39 is 0 Å². The van der Waals surface area contributed by atoms with Crippen LogP contribution in [0.3, 0.4) is 0 Å². The van der Waals surface area contributed by atoms with E-state index in [1.165, 1.54) is 0 Å². The van der Waals surface area contributed by atoms with Gasteiger partial charge in [-0.25, -0.2) is 0 Å². The van der Waals surface area contributed by atoms with Gasteiger partial charge in [-0.1, -0.05) is 33.3 Å². The van der Waals surface area contributed by atoms with Crippen LogP contribution in [-0.4, -0.2) is 11.7 Å². The van der Waals surface area contributed by atoms with Crippen molar-refractivity contribution in [1.29, 1.82) is 0 Å². The fourth-order valence-electron chi connectivity index (χ4n) is 1.95. The number of ether oxygens (including phenoxy) is 2. The molecule has 0 bridgehead atoms. The average Bonchev–Trinajstić information content (AvgIpc) is 2.26. The molecule has 1 aromatic rings. The zero-order valence-electron chi connectivity index (χ0n) is 13.2. The minimum Gasteiger partial charge on any atom is -0.490 e. The lowest BCUT2D eigenvalue weighted by Gasteiger charge is -2.24. The maximum absolute atomic E-state index is 6.09.